The van der Waals surface area contributed by atoms with Crippen molar-refractivity contribution in [3.8, 4) is 0 Å². The second kappa shape index (κ2) is 6.11. The highest BCUT2D eigenvalue weighted by atomic mass is 19.4. The lowest BCUT2D eigenvalue weighted by Crippen LogP contribution is -2.23. The summed E-state index contributed by atoms with van der Waals surface area (Å²) >= 11 is 0. The van der Waals surface area contributed by atoms with E-state index < -0.39 is 11.7 Å². The molecule has 0 N–H and O–H groups in total. The molecule has 20 heavy (non-hydrogen) atoms. The molecule has 1 heterocycles. The van der Waals surface area contributed by atoms with E-state index in [9.17, 15) is 18.0 Å². The van der Waals surface area contributed by atoms with Crippen molar-refractivity contribution in [1.29, 1.82) is 0 Å². The predicted molar refractivity (Wildman–Crippen MR) is 68.8 cm³/mol. The molecule has 2 nitrogen and oxygen atoms in total. The number of cyclic esters (lactones) is 1. The molecule has 108 valence electrons. The molecule has 1 aromatic rings. The zero-order valence-corrected chi connectivity index (χ0v) is 10.8. The molecule has 0 saturated carbocycles. The molecule has 1 unspecified atom stereocenters. The van der Waals surface area contributed by atoms with Crippen molar-refractivity contribution in [3.63, 3.8) is 0 Å². The van der Waals surface area contributed by atoms with E-state index >= 15 is 0 Å². The van der Waals surface area contributed by atoms with Gasteiger partial charge in [0.2, 0.25) is 0 Å². The first-order valence-corrected chi connectivity index (χ1v) is 6.47. The van der Waals surface area contributed by atoms with Gasteiger partial charge in [-0.2, -0.15) is 13.2 Å². The van der Waals surface area contributed by atoms with Crippen LogP contribution in [0.1, 0.15) is 30.4 Å². The Morgan fingerprint density at radius 1 is 1.25 bits per heavy atom. The van der Waals surface area contributed by atoms with Crippen LogP contribution < -0.4 is 0 Å². The summed E-state index contributed by atoms with van der Waals surface area (Å²) in [5.41, 5.74) is 0.0210. The van der Waals surface area contributed by atoms with Crippen LogP contribution in [-0.2, 0) is 15.7 Å². The van der Waals surface area contributed by atoms with Gasteiger partial charge >= 0.3 is 12.1 Å². The van der Waals surface area contributed by atoms with Crippen molar-refractivity contribution in [1.82, 2.24) is 0 Å². The molecule has 2 rings (SSSR count). The molecule has 0 bridgehead atoms. The largest absolute Gasteiger partial charge is 0.465 e. The first kappa shape index (κ1) is 14.6. The number of ether oxygens (including phenoxy) is 1. The Kier molecular flexibility index (Phi) is 4.47. The summed E-state index contributed by atoms with van der Waals surface area (Å²) < 4.78 is 42.1. The fourth-order valence-corrected chi connectivity index (χ4v) is 2.10. The molecule has 1 aliphatic rings. The third kappa shape index (κ3) is 3.85. The number of alkyl halides is 3. The van der Waals surface area contributed by atoms with Crippen LogP contribution in [-0.4, -0.2) is 12.6 Å². The van der Waals surface area contributed by atoms with Crippen LogP contribution in [0.2, 0.25) is 0 Å². The Morgan fingerprint density at radius 3 is 2.55 bits per heavy atom. The van der Waals surface area contributed by atoms with E-state index in [1.54, 1.807) is 12.2 Å². The van der Waals surface area contributed by atoms with Gasteiger partial charge in [-0.3, -0.25) is 4.79 Å². The van der Waals surface area contributed by atoms with Gasteiger partial charge in [-0.05, 0) is 37.0 Å². The molecule has 1 aromatic carbocycles. The molecule has 1 saturated heterocycles. The quantitative estimate of drug-likeness (QED) is 0.782. The minimum atomic E-state index is -4.31. The van der Waals surface area contributed by atoms with E-state index in [4.69, 9.17) is 4.74 Å². The Hall–Kier alpha value is -1.78. The summed E-state index contributed by atoms with van der Waals surface area (Å²) in [7, 11) is 0. The maximum Gasteiger partial charge on any atom is 0.416 e. The zero-order chi connectivity index (χ0) is 14.6. The van der Waals surface area contributed by atoms with E-state index in [-0.39, 0.29) is 11.9 Å². The molecule has 0 aliphatic carbocycles. The Bertz CT molecular complexity index is 489. The Morgan fingerprint density at radius 2 is 1.95 bits per heavy atom. The normalized spacial score (nSPS) is 20.1. The summed E-state index contributed by atoms with van der Waals surface area (Å²) in [6.07, 6.45) is 1.44. The number of benzene rings is 1. The Balaban J connectivity index is 1.93. The molecular weight excluding hydrogens is 269 g/mol. The zero-order valence-electron chi connectivity index (χ0n) is 10.8. The van der Waals surface area contributed by atoms with Gasteiger partial charge in [-0.25, -0.2) is 0 Å². The smallest absolute Gasteiger partial charge is 0.416 e. The van der Waals surface area contributed by atoms with E-state index in [0.29, 0.717) is 18.6 Å². The van der Waals surface area contributed by atoms with Crippen LogP contribution in [0.4, 0.5) is 13.2 Å². The Labute approximate surface area is 115 Å². The highest BCUT2D eigenvalue weighted by Crippen LogP contribution is 2.29. The lowest BCUT2D eigenvalue weighted by atomic mass is 9.97. The van der Waals surface area contributed by atoms with Gasteiger partial charge < -0.3 is 4.74 Å². The van der Waals surface area contributed by atoms with Crippen LogP contribution in [0.3, 0.4) is 0 Å². The molecule has 5 heteroatoms. The van der Waals surface area contributed by atoms with E-state index in [1.807, 2.05) is 0 Å². The molecular formula is C15H15F3O2. The van der Waals surface area contributed by atoms with Gasteiger partial charge in [-0.1, -0.05) is 24.3 Å². The fraction of sp³-hybridized carbons (Fsp3) is 0.400. The summed E-state index contributed by atoms with van der Waals surface area (Å²) in [5.74, 6) is -0.317. The predicted octanol–water partition coefficient (Wildman–Crippen LogP) is 4.06. The maximum absolute atomic E-state index is 12.4. The number of hydrogen-bond acceptors (Lipinski definition) is 2. The van der Waals surface area contributed by atoms with Crippen molar-refractivity contribution >= 4 is 12.0 Å². The SMILES string of the molecule is O=C1OCCCC1C/C=C/c1ccc(C(F)(F)F)cc1. The topological polar surface area (TPSA) is 26.3 Å². The lowest BCUT2D eigenvalue weighted by molar-refractivity contribution is -0.152. The third-order valence-corrected chi connectivity index (χ3v) is 3.24. The van der Waals surface area contributed by atoms with E-state index in [1.165, 1.54) is 12.1 Å². The van der Waals surface area contributed by atoms with Crippen LogP contribution in [0.15, 0.2) is 30.3 Å². The number of halogens is 3. The van der Waals surface area contributed by atoms with Gasteiger partial charge in [-0.15, -0.1) is 0 Å². The monoisotopic (exact) mass is 284 g/mol. The third-order valence-electron chi connectivity index (χ3n) is 3.24. The van der Waals surface area contributed by atoms with Crippen molar-refractivity contribution in [2.45, 2.75) is 25.4 Å². The van der Waals surface area contributed by atoms with Crippen molar-refractivity contribution < 1.29 is 22.7 Å². The van der Waals surface area contributed by atoms with Gasteiger partial charge in [0.1, 0.15) is 0 Å². The number of allylic oxidation sites excluding steroid dienone is 1. The van der Waals surface area contributed by atoms with Crippen LogP contribution in [0.25, 0.3) is 6.08 Å². The molecule has 0 radical (unpaired) electrons. The molecule has 0 aromatic heterocycles. The van der Waals surface area contributed by atoms with Gasteiger partial charge in [0, 0.05) is 0 Å². The summed E-state index contributed by atoms with van der Waals surface area (Å²) in [6, 6.07) is 4.93. The minimum absolute atomic E-state index is 0.130. The van der Waals surface area contributed by atoms with Crippen molar-refractivity contribution in [2.24, 2.45) is 5.92 Å². The van der Waals surface area contributed by atoms with Crippen molar-refractivity contribution in [2.75, 3.05) is 6.61 Å². The maximum atomic E-state index is 12.4. The number of carbonyl (C=O) groups is 1. The average Bonchev–Trinajstić information content (AvgIpc) is 2.40. The number of esters is 1. The molecule has 1 aliphatic heterocycles. The number of hydrogen-bond donors (Lipinski definition) is 0. The fourth-order valence-electron chi connectivity index (χ4n) is 2.10. The van der Waals surface area contributed by atoms with Crippen LogP contribution in [0, 0.1) is 5.92 Å². The first-order chi connectivity index (χ1) is 9.47. The summed E-state index contributed by atoms with van der Waals surface area (Å²) in [6.45, 7) is 0.484. The minimum Gasteiger partial charge on any atom is -0.465 e. The molecule has 0 amide bonds. The standard InChI is InChI=1S/C15H15F3O2/c16-15(17,18)13-8-6-11(7-9-13)3-1-4-12-5-2-10-20-14(12)19/h1,3,6-9,12H,2,4-5,10H2/b3-1+. The molecule has 1 fully saturated rings. The first-order valence-electron chi connectivity index (χ1n) is 6.47. The molecule has 1 atom stereocenters. The average molecular weight is 284 g/mol. The lowest BCUT2D eigenvalue weighted by Gasteiger charge is -2.19. The summed E-state index contributed by atoms with van der Waals surface area (Å²) in [5, 5.41) is 0. The highest BCUT2D eigenvalue weighted by molar-refractivity contribution is 5.73. The van der Waals surface area contributed by atoms with Gasteiger partial charge in [0.15, 0.2) is 0 Å². The van der Waals surface area contributed by atoms with Crippen molar-refractivity contribution in [3.05, 3.63) is 41.5 Å². The van der Waals surface area contributed by atoms with Gasteiger partial charge in [0.25, 0.3) is 0 Å². The van der Waals surface area contributed by atoms with Gasteiger partial charge in [0.05, 0.1) is 18.1 Å². The van der Waals surface area contributed by atoms with E-state index in [2.05, 4.69) is 0 Å². The van der Waals surface area contributed by atoms with E-state index in [0.717, 1.165) is 25.0 Å². The number of carbonyl (C=O) groups excluding carboxylic acids is 1. The molecule has 0 spiro atoms. The summed E-state index contributed by atoms with van der Waals surface area (Å²) in [4.78, 5) is 11.4. The van der Waals surface area contributed by atoms with Crippen LogP contribution >= 0.6 is 0 Å². The second-order valence-corrected chi connectivity index (χ2v) is 4.76. The second-order valence-electron chi connectivity index (χ2n) is 4.76. The number of rotatable bonds is 3. The highest BCUT2D eigenvalue weighted by Gasteiger charge is 2.29. The van der Waals surface area contributed by atoms with Crippen LogP contribution in [0.5, 0.6) is 0 Å².